The van der Waals surface area contributed by atoms with Gasteiger partial charge in [-0.15, -0.1) is 0 Å². The van der Waals surface area contributed by atoms with Gasteiger partial charge >= 0.3 is 0 Å². The van der Waals surface area contributed by atoms with Crippen LogP contribution in [0, 0.1) is 6.07 Å². The van der Waals surface area contributed by atoms with Crippen LogP contribution in [-0.2, 0) is 6.42 Å². The van der Waals surface area contributed by atoms with Crippen LogP contribution in [0.5, 0.6) is 0 Å². The minimum atomic E-state index is 0.952. The lowest BCUT2D eigenvalue weighted by atomic mass is 10.1. The zero-order valence-electron chi connectivity index (χ0n) is 7.54. The Balaban J connectivity index is 2.47. The predicted molar refractivity (Wildman–Crippen MR) is 52.2 cm³/mol. The molecule has 1 heterocycles. The third-order valence-corrected chi connectivity index (χ3v) is 2.07. The summed E-state index contributed by atoms with van der Waals surface area (Å²) in [4.78, 5) is 0. The average Bonchev–Trinajstić information content (AvgIpc) is 2.67. The Morgan fingerprint density at radius 3 is 3.15 bits per heavy atom. The molecule has 0 aliphatic carbocycles. The molecule has 2 rings (SSSR count). The summed E-state index contributed by atoms with van der Waals surface area (Å²) in [5, 5.41) is 7.06. The highest BCUT2D eigenvalue weighted by atomic mass is 15.1. The fraction of sp³-hybridized carbons (Fsp3) is 0.182. The Morgan fingerprint density at radius 1 is 1.54 bits per heavy atom. The first-order valence-corrected chi connectivity index (χ1v) is 4.41. The zero-order valence-corrected chi connectivity index (χ0v) is 7.54. The summed E-state index contributed by atoms with van der Waals surface area (Å²) in [5.41, 5.74) is 3.46. The van der Waals surface area contributed by atoms with Gasteiger partial charge in [-0.1, -0.05) is 25.1 Å². The topological polar surface area (TPSA) is 28.7 Å². The van der Waals surface area contributed by atoms with Gasteiger partial charge in [0.05, 0.1) is 5.69 Å². The molecule has 0 amide bonds. The number of rotatable bonds is 2. The number of hydrogen-bond acceptors (Lipinski definition) is 1. The second-order valence-electron chi connectivity index (χ2n) is 2.89. The Labute approximate surface area is 77.6 Å². The molecule has 0 unspecified atom stereocenters. The smallest absolute Gasteiger partial charge is 0.0697 e. The number of hydrogen-bond donors (Lipinski definition) is 1. The third kappa shape index (κ3) is 1.47. The summed E-state index contributed by atoms with van der Waals surface area (Å²) < 4.78 is 0. The van der Waals surface area contributed by atoms with Crippen LogP contribution in [0.2, 0.25) is 0 Å². The number of benzene rings is 1. The number of nitrogens with zero attached hydrogens (tertiary/aromatic N) is 1. The van der Waals surface area contributed by atoms with E-state index in [-0.39, 0.29) is 0 Å². The van der Waals surface area contributed by atoms with Gasteiger partial charge in [-0.2, -0.15) is 5.10 Å². The van der Waals surface area contributed by atoms with Crippen LogP contribution >= 0.6 is 0 Å². The van der Waals surface area contributed by atoms with E-state index in [0.717, 1.165) is 12.1 Å². The van der Waals surface area contributed by atoms with E-state index in [9.17, 15) is 0 Å². The molecule has 0 aliphatic heterocycles. The van der Waals surface area contributed by atoms with Gasteiger partial charge < -0.3 is 0 Å². The van der Waals surface area contributed by atoms with Crippen molar-refractivity contribution < 1.29 is 0 Å². The van der Waals surface area contributed by atoms with Crippen LogP contribution in [0.1, 0.15) is 12.6 Å². The fourth-order valence-electron chi connectivity index (χ4n) is 1.40. The molecular weight excluding hydrogens is 160 g/mol. The Morgan fingerprint density at radius 2 is 2.46 bits per heavy atom. The van der Waals surface area contributed by atoms with E-state index in [1.807, 2.05) is 24.4 Å². The molecule has 0 bridgehead atoms. The fourth-order valence-corrected chi connectivity index (χ4v) is 1.40. The van der Waals surface area contributed by atoms with Gasteiger partial charge in [-0.05, 0) is 24.1 Å². The number of H-pyrrole nitrogens is 1. The molecule has 2 aromatic rings. The minimum Gasteiger partial charge on any atom is -0.285 e. The average molecular weight is 171 g/mol. The van der Waals surface area contributed by atoms with E-state index in [1.165, 1.54) is 11.1 Å². The number of aryl methyl sites for hydroxylation is 1. The number of nitrogens with one attached hydrogen (secondary N) is 1. The minimum absolute atomic E-state index is 0.952. The van der Waals surface area contributed by atoms with Crippen molar-refractivity contribution in [2.24, 2.45) is 0 Å². The van der Waals surface area contributed by atoms with Crippen molar-refractivity contribution in [2.75, 3.05) is 0 Å². The maximum absolute atomic E-state index is 4.17. The van der Waals surface area contributed by atoms with Crippen LogP contribution in [0.4, 0.5) is 0 Å². The summed E-state index contributed by atoms with van der Waals surface area (Å²) in [5.74, 6) is 0. The summed E-state index contributed by atoms with van der Waals surface area (Å²) in [6.45, 7) is 2.10. The van der Waals surface area contributed by atoms with Crippen molar-refractivity contribution in [3.05, 3.63) is 42.2 Å². The van der Waals surface area contributed by atoms with Crippen LogP contribution < -0.4 is 0 Å². The summed E-state index contributed by atoms with van der Waals surface area (Å²) in [6, 6.07) is 11.0. The standard InChI is InChI=1S/C11H11N2/c1-2-11-10(8-12-13-11)9-6-4-3-5-7-9/h3-4,6-8H,2H2,1H3,(H,12,13). The van der Waals surface area contributed by atoms with Gasteiger partial charge in [0.25, 0.3) is 0 Å². The Hall–Kier alpha value is -1.57. The molecule has 0 saturated carbocycles. The monoisotopic (exact) mass is 171 g/mol. The molecule has 1 N–H and O–H groups in total. The lowest BCUT2D eigenvalue weighted by molar-refractivity contribution is 0.975. The second kappa shape index (κ2) is 3.44. The molecule has 1 radical (unpaired) electrons. The SMILES string of the molecule is CCc1n[nH]cc1-c1c[c]ccc1. The van der Waals surface area contributed by atoms with Crippen LogP contribution in [0.15, 0.2) is 30.5 Å². The van der Waals surface area contributed by atoms with Crippen molar-refractivity contribution >= 4 is 0 Å². The van der Waals surface area contributed by atoms with Crippen LogP contribution in [0.3, 0.4) is 0 Å². The lowest BCUT2D eigenvalue weighted by Crippen LogP contribution is -1.83. The van der Waals surface area contributed by atoms with Crippen molar-refractivity contribution in [1.29, 1.82) is 0 Å². The Bertz CT molecular complexity index is 376. The predicted octanol–water partition coefficient (Wildman–Crippen LogP) is 2.44. The molecule has 2 nitrogen and oxygen atoms in total. The van der Waals surface area contributed by atoms with E-state index < -0.39 is 0 Å². The van der Waals surface area contributed by atoms with Crippen LogP contribution in [0.25, 0.3) is 11.1 Å². The van der Waals surface area contributed by atoms with Gasteiger partial charge in [0.15, 0.2) is 0 Å². The maximum atomic E-state index is 4.17. The lowest BCUT2D eigenvalue weighted by Gasteiger charge is -1.98. The first-order chi connectivity index (χ1) is 6.42. The van der Waals surface area contributed by atoms with Gasteiger partial charge in [0.2, 0.25) is 0 Å². The van der Waals surface area contributed by atoms with Gasteiger partial charge in [-0.25, -0.2) is 0 Å². The summed E-state index contributed by atoms with van der Waals surface area (Å²) in [6.07, 6.45) is 2.88. The normalized spacial score (nSPS) is 10.2. The van der Waals surface area contributed by atoms with Gasteiger partial charge in [0.1, 0.15) is 0 Å². The van der Waals surface area contributed by atoms with E-state index in [0.29, 0.717) is 0 Å². The van der Waals surface area contributed by atoms with Gasteiger partial charge in [0, 0.05) is 11.8 Å². The van der Waals surface area contributed by atoms with Crippen molar-refractivity contribution in [3.8, 4) is 11.1 Å². The van der Waals surface area contributed by atoms with E-state index in [4.69, 9.17) is 0 Å². The highest BCUT2D eigenvalue weighted by molar-refractivity contribution is 5.64. The molecule has 0 spiro atoms. The molecule has 0 aliphatic rings. The molecule has 65 valence electrons. The highest BCUT2D eigenvalue weighted by Gasteiger charge is 2.04. The summed E-state index contributed by atoms with van der Waals surface area (Å²) in [7, 11) is 0. The number of aromatic nitrogens is 2. The largest absolute Gasteiger partial charge is 0.285 e. The van der Waals surface area contributed by atoms with Crippen LogP contribution in [-0.4, -0.2) is 10.2 Å². The Kier molecular flexibility index (Phi) is 2.13. The molecule has 0 atom stereocenters. The van der Waals surface area contributed by atoms with E-state index in [2.05, 4.69) is 29.3 Å². The maximum Gasteiger partial charge on any atom is 0.0697 e. The van der Waals surface area contributed by atoms with Gasteiger partial charge in [-0.3, -0.25) is 5.10 Å². The molecule has 1 aromatic heterocycles. The molecular formula is C11H11N2. The van der Waals surface area contributed by atoms with E-state index in [1.54, 1.807) is 0 Å². The first kappa shape index (κ1) is 8.05. The third-order valence-electron chi connectivity index (χ3n) is 2.07. The van der Waals surface area contributed by atoms with Crippen molar-refractivity contribution in [1.82, 2.24) is 10.2 Å². The summed E-state index contributed by atoms with van der Waals surface area (Å²) >= 11 is 0. The molecule has 2 heteroatoms. The first-order valence-electron chi connectivity index (χ1n) is 4.41. The highest BCUT2D eigenvalue weighted by Crippen LogP contribution is 2.21. The molecule has 1 aromatic carbocycles. The molecule has 0 saturated heterocycles. The quantitative estimate of drug-likeness (QED) is 0.738. The van der Waals surface area contributed by atoms with Crippen molar-refractivity contribution in [3.63, 3.8) is 0 Å². The van der Waals surface area contributed by atoms with Crippen molar-refractivity contribution in [2.45, 2.75) is 13.3 Å². The second-order valence-corrected chi connectivity index (χ2v) is 2.89. The number of aromatic amines is 1. The molecule has 13 heavy (non-hydrogen) atoms. The molecule has 0 fully saturated rings. The van der Waals surface area contributed by atoms with E-state index >= 15 is 0 Å². The zero-order chi connectivity index (χ0) is 9.10.